The lowest BCUT2D eigenvalue weighted by Gasteiger charge is -2.19. The van der Waals surface area contributed by atoms with Gasteiger partial charge in [0.1, 0.15) is 12.6 Å². The zero-order chi connectivity index (χ0) is 18.8. The molecule has 0 aliphatic rings. The number of unbranched alkanes of at least 4 members (excludes halogenated alkanes) is 1. The topological polar surface area (TPSA) is 29.6 Å². The number of halogens is 3. The Hall–Kier alpha value is -0.400. The van der Waals surface area contributed by atoms with Crippen LogP contribution in [0.5, 0.6) is 0 Å². The van der Waals surface area contributed by atoms with Gasteiger partial charge in [0, 0.05) is 29.7 Å². The van der Waals surface area contributed by atoms with Crippen LogP contribution >= 0.6 is 47.8 Å². The molecule has 1 heterocycles. The number of aliphatic hydroxyl groups is 1. The molecule has 0 amide bonds. The van der Waals surface area contributed by atoms with Gasteiger partial charge in [-0.2, -0.15) is 0 Å². The van der Waals surface area contributed by atoms with Crippen LogP contribution in [0.1, 0.15) is 19.8 Å². The molecule has 0 aliphatic heterocycles. The minimum atomic E-state index is -0.384. The van der Waals surface area contributed by atoms with Gasteiger partial charge in [0.05, 0.1) is 25.7 Å². The molecule has 3 aromatic rings. The number of likely N-dealkylation sites (N-methyl/N-ethyl adjacent to an activating group) is 1. The van der Waals surface area contributed by atoms with E-state index in [0.717, 1.165) is 37.5 Å². The van der Waals surface area contributed by atoms with Gasteiger partial charge in [-0.3, -0.25) is 0 Å². The molecule has 0 aliphatic carbocycles. The number of benzene rings is 2. The van der Waals surface area contributed by atoms with Gasteiger partial charge in [0.25, 0.3) is 0 Å². The summed E-state index contributed by atoms with van der Waals surface area (Å²) in [6.45, 7) is 4.65. The number of hydrogen-bond acceptors (Lipinski definition) is 1. The van der Waals surface area contributed by atoms with Crippen LogP contribution in [0, 0.1) is 0 Å². The highest BCUT2D eigenvalue weighted by atomic mass is 79.9. The number of nitrogens with one attached hydrogen (secondary N) is 1. The van der Waals surface area contributed by atoms with Crippen LogP contribution in [0.3, 0.4) is 0 Å². The molecule has 2 aromatic carbocycles. The van der Waals surface area contributed by atoms with Gasteiger partial charge < -0.3 is 14.6 Å². The smallest absolute Gasteiger partial charge is 0.121 e. The molecule has 0 saturated carbocycles. The van der Waals surface area contributed by atoms with Crippen LogP contribution in [-0.4, -0.2) is 35.9 Å². The first-order valence-corrected chi connectivity index (χ1v) is 11.3. The van der Waals surface area contributed by atoms with E-state index in [2.05, 4.69) is 96.7 Å². The molecular formula is C20H24Br3N2O+. The normalized spacial score (nSPS) is 14.2. The Kier molecular flexibility index (Phi) is 6.83. The Morgan fingerprint density at radius 1 is 1.08 bits per heavy atom. The Morgan fingerprint density at radius 3 is 2.54 bits per heavy atom. The number of fused-ring (bicyclic) bond motifs is 3. The maximum atomic E-state index is 10.7. The van der Waals surface area contributed by atoms with Gasteiger partial charge >= 0.3 is 0 Å². The van der Waals surface area contributed by atoms with Gasteiger partial charge in [-0.1, -0.05) is 45.2 Å². The summed E-state index contributed by atoms with van der Waals surface area (Å²) in [4.78, 5) is 1.38. The van der Waals surface area contributed by atoms with Crippen molar-refractivity contribution < 1.29 is 10.0 Å². The van der Waals surface area contributed by atoms with Crippen molar-refractivity contribution in [3.05, 3.63) is 43.7 Å². The molecule has 140 valence electrons. The van der Waals surface area contributed by atoms with E-state index in [4.69, 9.17) is 0 Å². The standard InChI is InChI=1S/C20H23Br3N2O/c1-3-4-7-24(2)11-15(26)12-25-19-6-5-13(21)8-16(19)17-9-14(22)10-18(23)20(17)25/h5-6,8-10,15,26H,3-4,7,11-12H2,1-2H3/p+1/t15-/m1/s1. The fraction of sp³-hybridized carbons (Fsp3) is 0.400. The predicted octanol–water partition coefficient (Wildman–Crippen LogP) is 4.76. The van der Waals surface area contributed by atoms with Crippen LogP contribution in [-0.2, 0) is 6.54 Å². The Bertz CT molecular complexity index is 922. The molecule has 1 aromatic heterocycles. The largest absolute Gasteiger partial charge is 0.385 e. The highest BCUT2D eigenvalue weighted by molar-refractivity contribution is 9.11. The number of hydrogen-bond donors (Lipinski definition) is 2. The Labute approximate surface area is 179 Å². The van der Waals surface area contributed by atoms with E-state index >= 15 is 0 Å². The fourth-order valence-corrected chi connectivity index (χ4v) is 5.37. The van der Waals surface area contributed by atoms with Gasteiger partial charge in [0.15, 0.2) is 0 Å². The second-order valence-corrected chi connectivity index (χ2v) is 9.66. The molecule has 26 heavy (non-hydrogen) atoms. The van der Waals surface area contributed by atoms with Crippen molar-refractivity contribution in [3.8, 4) is 0 Å². The summed E-state index contributed by atoms with van der Waals surface area (Å²) in [6, 6.07) is 10.6. The first-order chi connectivity index (χ1) is 12.4. The number of rotatable bonds is 7. The average molecular weight is 548 g/mol. The van der Waals surface area contributed by atoms with Crippen LogP contribution in [0.2, 0.25) is 0 Å². The van der Waals surface area contributed by atoms with Crippen molar-refractivity contribution in [3.63, 3.8) is 0 Å². The van der Waals surface area contributed by atoms with Crippen molar-refractivity contribution in [2.45, 2.75) is 32.4 Å². The zero-order valence-corrected chi connectivity index (χ0v) is 19.8. The highest BCUT2D eigenvalue weighted by Crippen LogP contribution is 2.37. The minimum Gasteiger partial charge on any atom is -0.385 e. The number of aliphatic hydroxyl groups excluding tert-OH is 1. The molecular weight excluding hydrogens is 524 g/mol. The van der Waals surface area contributed by atoms with E-state index in [1.165, 1.54) is 28.5 Å². The van der Waals surface area contributed by atoms with E-state index in [-0.39, 0.29) is 6.10 Å². The van der Waals surface area contributed by atoms with Crippen molar-refractivity contribution in [2.24, 2.45) is 0 Å². The molecule has 0 spiro atoms. The van der Waals surface area contributed by atoms with Crippen molar-refractivity contribution in [1.29, 1.82) is 0 Å². The van der Waals surface area contributed by atoms with E-state index in [9.17, 15) is 5.11 Å². The minimum absolute atomic E-state index is 0.384. The molecule has 0 bridgehead atoms. The Morgan fingerprint density at radius 2 is 1.81 bits per heavy atom. The van der Waals surface area contributed by atoms with Gasteiger partial charge in [-0.15, -0.1) is 0 Å². The summed E-state index contributed by atoms with van der Waals surface area (Å²) in [5, 5.41) is 13.1. The third-order valence-corrected chi connectivity index (χ3v) is 6.33. The molecule has 0 radical (unpaired) electrons. The van der Waals surface area contributed by atoms with E-state index < -0.39 is 0 Å². The summed E-state index contributed by atoms with van der Waals surface area (Å²) < 4.78 is 5.38. The summed E-state index contributed by atoms with van der Waals surface area (Å²) >= 11 is 10.9. The first-order valence-electron chi connectivity index (χ1n) is 8.96. The second kappa shape index (κ2) is 8.74. The van der Waals surface area contributed by atoms with E-state index in [0.29, 0.717) is 6.54 Å². The third-order valence-electron chi connectivity index (χ3n) is 4.77. The SMILES string of the molecule is CCCC[NH+](C)C[C@@H](O)Cn1c2ccc(Br)cc2c2cc(Br)cc(Br)c21. The second-order valence-electron chi connectivity index (χ2n) is 6.97. The fourth-order valence-electron chi connectivity index (χ4n) is 3.57. The maximum Gasteiger partial charge on any atom is 0.121 e. The lowest BCUT2D eigenvalue weighted by Crippen LogP contribution is -3.10. The molecule has 2 N–H and O–H groups in total. The van der Waals surface area contributed by atoms with Gasteiger partial charge in [0.2, 0.25) is 0 Å². The van der Waals surface area contributed by atoms with Gasteiger partial charge in [-0.05, 0) is 52.7 Å². The van der Waals surface area contributed by atoms with Crippen molar-refractivity contribution >= 4 is 69.6 Å². The maximum absolute atomic E-state index is 10.7. The van der Waals surface area contributed by atoms with Crippen molar-refractivity contribution in [1.82, 2.24) is 4.57 Å². The lowest BCUT2D eigenvalue weighted by molar-refractivity contribution is -0.883. The number of quaternary nitrogens is 1. The average Bonchev–Trinajstić information content (AvgIpc) is 2.86. The molecule has 3 rings (SSSR count). The third kappa shape index (κ3) is 4.36. The summed E-state index contributed by atoms with van der Waals surface area (Å²) in [6.07, 6.45) is 2.00. The van der Waals surface area contributed by atoms with Crippen LogP contribution in [0.25, 0.3) is 21.8 Å². The highest BCUT2D eigenvalue weighted by Gasteiger charge is 2.18. The van der Waals surface area contributed by atoms with Gasteiger partial charge in [-0.25, -0.2) is 0 Å². The Balaban J connectivity index is 2.01. The zero-order valence-electron chi connectivity index (χ0n) is 15.0. The summed E-state index contributed by atoms with van der Waals surface area (Å²) in [5.74, 6) is 0. The number of nitrogens with zero attached hydrogens (tertiary/aromatic N) is 1. The monoisotopic (exact) mass is 545 g/mol. The van der Waals surface area contributed by atoms with Crippen LogP contribution in [0.4, 0.5) is 0 Å². The molecule has 3 nitrogen and oxygen atoms in total. The molecule has 6 heteroatoms. The lowest BCUT2D eigenvalue weighted by atomic mass is 10.2. The first kappa shape index (κ1) is 20.3. The summed E-state index contributed by atoms with van der Waals surface area (Å²) in [7, 11) is 2.16. The number of aromatic nitrogens is 1. The van der Waals surface area contributed by atoms with Crippen LogP contribution in [0.15, 0.2) is 43.7 Å². The van der Waals surface area contributed by atoms with Crippen molar-refractivity contribution in [2.75, 3.05) is 20.1 Å². The molecule has 1 unspecified atom stereocenters. The quantitative estimate of drug-likeness (QED) is 0.439. The molecule has 0 fully saturated rings. The molecule has 0 saturated heterocycles. The van der Waals surface area contributed by atoms with E-state index in [1.54, 1.807) is 0 Å². The van der Waals surface area contributed by atoms with E-state index in [1.807, 2.05) is 0 Å². The van der Waals surface area contributed by atoms with Crippen LogP contribution < -0.4 is 4.90 Å². The molecule has 2 atom stereocenters. The summed E-state index contributed by atoms with van der Waals surface area (Å²) in [5.41, 5.74) is 2.28. The predicted molar refractivity (Wildman–Crippen MR) is 120 cm³/mol.